The quantitative estimate of drug-likeness (QED) is 0.716. The van der Waals surface area contributed by atoms with Crippen LogP contribution in [-0.2, 0) is 0 Å². The van der Waals surface area contributed by atoms with Crippen molar-refractivity contribution in [2.75, 3.05) is 19.7 Å². The maximum atomic E-state index is 10.7. The average Bonchev–Trinajstić information content (AvgIpc) is 3.31. The predicted molar refractivity (Wildman–Crippen MR) is 76.2 cm³/mol. The molecule has 2 aliphatic carbocycles. The first-order valence-electron chi connectivity index (χ1n) is 7.36. The molecule has 2 N–H and O–H groups in total. The molecule has 0 atom stereocenters. The topological polar surface area (TPSA) is 58.6 Å². The fraction of sp³-hybridized carbons (Fsp3) is 0.562. The molecule has 0 unspecified atom stereocenters. The van der Waals surface area contributed by atoms with Crippen LogP contribution in [0.4, 0.5) is 0 Å². The van der Waals surface area contributed by atoms with Crippen LogP contribution in [0.5, 0.6) is 5.75 Å². The zero-order valence-electron chi connectivity index (χ0n) is 11.6. The summed E-state index contributed by atoms with van der Waals surface area (Å²) in [5, 5.41) is 12.3. The lowest BCUT2D eigenvalue weighted by Gasteiger charge is -2.15. The summed E-state index contributed by atoms with van der Waals surface area (Å²) >= 11 is 0. The molecule has 0 aliphatic heterocycles. The van der Waals surface area contributed by atoms with Crippen LogP contribution in [0, 0.1) is 11.3 Å². The van der Waals surface area contributed by atoms with E-state index in [0.717, 1.165) is 24.8 Å². The first-order valence-corrected chi connectivity index (χ1v) is 7.36. The molecule has 0 heterocycles. The second kappa shape index (κ2) is 5.44. The van der Waals surface area contributed by atoms with Crippen LogP contribution >= 0.6 is 0 Å². The first kappa shape index (κ1) is 13.4. The third kappa shape index (κ3) is 3.12. The summed E-state index contributed by atoms with van der Waals surface area (Å²) in [4.78, 5) is 10.7. The van der Waals surface area contributed by atoms with Crippen molar-refractivity contribution in [3.63, 3.8) is 0 Å². The maximum absolute atomic E-state index is 10.7. The van der Waals surface area contributed by atoms with E-state index in [-0.39, 0.29) is 5.56 Å². The smallest absolute Gasteiger partial charge is 0.335 e. The third-order valence-corrected chi connectivity index (χ3v) is 4.46. The van der Waals surface area contributed by atoms with Crippen molar-refractivity contribution in [2.45, 2.75) is 25.7 Å². The zero-order chi connectivity index (χ0) is 14.0. The van der Waals surface area contributed by atoms with Gasteiger partial charge in [0, 0.05) is 13.1 Å². The normalized spacial score (nSPS) is 19.6. The average molecular weight is 275 g/mol. The molecule has 0 bridgehead atoms. The number of carboxylic acid groups (broad SMARTS) is 1. The summed E-state index contributed by atoms with van der Waals surface area (Å²) in [5.41, 5.74) is 0.916. The molecule has 0 aromatic heterocycles. The van der Waals surface area contributed by atoms with Gasteiger partial charge in [-0.3, -0.25) is 0 Å². The third-order valence-electron chi connectivity index (χ3n) is 4.46. The van der Waals surface area contributed by atoms with E-state index in [9.17, 15) is 4.79 Å². The molecule has 4 heteroatoms. The zero-order valence-corrected chi connectivity index (χ0v) is 11.6. The number of aromatic carboxylic acids is 1. The van der Waals surface area contributed by atoms with Gasteiger partial charge in [0.2, 0.25) is 0 Å². The second-order valence-corrected chi connectivity index (χ2v) is 5.99. The molecule has 4 nitrogen and oxygen atoms in total. The molecule has 1 aromatic carbocycles. The molecule has 2 saturated carbocycles. The van der Waals surface area contributed by atoms with Crippen LogP contribution in [0.3, 0.4) is 0 Å². The van der Waals surface area contributed by atoms with E-state index in [1.165, 1.54) is 25.7 Å². The lowest BCUT2D eigenvalue weighted by atomic mass is 10.0. The van der Waals surface area contributed by atoms with Crippen LogP contribution in [0.15, 0.2) is 24.3 Å². The maximum Gasteiger partial charge on any atom is 0.335 e. The number of carbonyl (C=O) groups is 1. The van der Waals surface area contributed by atoms with E-state index in [2.05, 4.69) is 5.32 Å². The molecule has 0 saturated heterocycles. The molecular formula is C16H21NO3. The van der Waals surface area contributed by atoms with Gasteiger partial charge in [-0.15, -0.1) is 0 Å². The van der Waals surface area contributed by atoms with E-state index in [4.69, 9.17) is 9.84 Å². The van der Waals surface area contributed by atoms with Gasteiger partial charge < -0.3 is 15.2 Å². The highest BCUT2D eigenvalue weighted by atomic mass is 16.5. The van der Waals surface area contributed by atoms with Gasteiger partial charge in [0.15, 0.2) is 0 Å². The Bertz CT molecular complexity index is 475. The van der Waals surface area contributed by atoms with E-state index < -0.39 is 5.97 Å². The Morgan fingerprint density at radius 2 is 2.00 bits per heavy atom. The van der Waals surface area contributed by atoms with Crippen molar-refractivity contribution in [2.24, 2.45) is 11.3 Å². The van der Waals surface area contributed by atoms with Crippen LogP contribution < -0.4 is 10.1 Å². The summed E-state index contributed by atoms with van der Waals surface area (Å²) in [7, 11) is 0. The Morgan fingerprint density at radius 1 is 1.30 bits per heavy atom. The summed E-state index contributed by atoms with van der Waals surface area (Å²) in [6.45, 7) is 2.58. The van der Waals surface area contributed by atoms with Crippen LogP contribution in [-0.4, -0.2) is 30.8 Å². The molecule has 0 radical (unpaired) electrons. The lowest BCUT2D eigenvalue weighted by Crippen LogP contribution is -2.29. The number of ether oxygens (including phenoxy) is 1. The standard InChI is InChI=1S/C16H21NO3/c18-15(19)12-1-5-14(6-2-12)20-10-9-17-11-16(7-8-16)13-3-4-13/h1-2,5-6,13,17H,3-4,7-11H2,(H,18,19). The second-order valence-electron chi connectivity index (χ2n) is 5.99. The minimum Gasteiger partial charge on any atom is -0.492 e. The van der Waals surface area contributed by atoms with Gasteiger partial charge in [-0.05, 0) is 61.3 Å². The van der Waals surface area contributed by atoms with Crippen LogP contribution in [0.2, 0.25) is 0 Å². The van der Waals surface area contributed by atoms with Crippen molar-refractivity contribution in [3.05, 3.63) is 29.8 Å². The minimum absolute atomic E-state index is 0.288. The fourth-order valence-electron chi connectivity index (χ4n) is 2.86. The highest BCUT2D eigenvalue weighted by Crippen LogP contribution is 2.60. The van der Waals surface area contributed by atoms with Gasteiger partial charge in [0.25, 0.3) is 0 Å². The van der Waals surface area contributed by atoms with Gasteiger partial charge in [-0.1, -0.05) is 0 Å². The van der Waals surface area contributed by atoms with Gasteiger partial charge in [0.1, 0.15) is 12.4 Å². The molecular weight excluding hydrogens is 254 g/mol. The number of rotatable bonds is 8. The molecule has 20 heavy (non-hydrogen) atoms. The number of hydrogen-bond donors (Lipinski definition) is 2. The van der Waals surface area contributed by atoms with Crippen molar-refractivity contribution in [3.8, 4) is 5.75 Å². The number of carboxylic acids is 1. The molecule has 108 valence electrons. The first-order chi connectivity index (χ1) is 9.70. The predicted octanol–water partition coefficient (Wildman–Crippen LogP) is 2.54. The van der Waals surface area contributed by atoms with Crippen molar-refractivity contribution in [1.29, 1.82) is 0 Å². The number of nitrogens with one attached hydrogen (secondary N) is 1. The van der Waals surface area contributed by atoms with E-state index >= 15 is 0 Å². The highest BCUT2D eigenvalue weighted by molar-refractivity contribution is 5.87. The lowest BCUT2D eigenvalue weighted by molar-refractivity contribution is 0.0697. The SMILES string of the molecule is O=C(O)c1ccc(OCCNCC2(C3CC3)CC2)cc1. The number of hydrogen-bond acceptors (Lipinski definition) is 3. The minimum atomic E-state index is -0.909. The van der Waals surface area contributed by atoms with Crippen molar-refractivity contribution < 1.29 is 14.6 Å². The fourth-order valence-corrected chi connectivity index (χ4v) is 2.86. The van der Waals surface area contributed by atoms with Crippen LogP contribution in [0.1, 0.15) is 36.0 Å². The summed E-state index contributed by atoms with van der Waals surface area (Å²) < 4.78 is 5.60. The van der Waals surface area contributed by atoms with Gasteiger partial charge >= 0.3 is 5.97 Å². The molecule has 0 spiro atoms. The van der Waals surface area contributed by atoms with E-state index in [0.29, 0.717) is 12.0 Å². The summed E-state index contributed by atoms with van der Waals surface area (Å²) in [6, 6.07) is 6.54. The monoisotopic (exact) mass is 275 g/mol. The Morgan fingerprint density at radius 3 is 2.55 bits per heavy atom. The van der Waals surface area contributed by atoms with Gasteiger partial charge in [0.05, 0.1) is 5.56 Å². The van der Waals surface area contributed by atoms with Crippen LogP contribution in [0.25, 0.3) is 0 Å². The Kier molecular flexibility index (Phi) is 3.66. The molecule has 2 fully saturated rings. The van der Waals surface area contributed by atoms with Crippen molar-refractivity contribution >= 4 is 5.97 Å². The Hall–Kier alpha value is -1.55. The van der Waals surface area contributed by atoms with Crippen molar-refractivity contribution in [1.82, 2.24) is 5.32 Å². The number of benzene rings is 1. The van der Waals surface area contributed by atoms with E-state index in [1.54, 1.807) is 24.3 Å². The van der Waals surface area contributed by atoms with Gasteiger partial charge in [-0.25, -0.2) is 4.79 Å². The molecule has 0 amide bonds. The van der Waals surface area contributed by atoms with E-state index in [1.807, 2.05) is 0 Å². The largest absolute Gasteiger partial charge is 0.492 e. The molecule has 3 rings (SSSR count). The molecule has 2 aliphatic rings. The summed E-state index contributed by atoms with van der Waals surface area (Å²) in [6.07, 6.45) is 5.63. The highest BCUT2D eigenvalue weighted by Gasteiger charge is 2.53. The summed E-state index contributed by atoms with van der Waals surface area (Å²) in [5.74, 6) is 0.799. The molecule has 1 aromatic rings. The Labute approximate surface area is 119 Å². The Balaban J connectivity index is 1.34. The van der Waals surface area contributed by atoms with Gasteiger partial charge in [-0.2, -0.15) is 0 Å².